The van der Waals surface area contributed by atoms with E-state index in [2.05, 4.69) is 44.5 Å². The lowest BCUT2D eigenvalue weighted by Crippen LogP contribution is -2.52. The van der Waals surface area contributed by atoms with Crippen LogP contribution >= 0.6 is 23.2 Å². The van der Waals surface area contributed by atoms with E-state index in [9.17, 15) is 19.2 Å². The number of fused-ring (bicyclic) bond motifs is 1. The molecule has 6 atom stereocenters. The van der Waals surface area contributed by atoms with Gasteiger partial charge in [0.15, 0.2) is 0 Å². The number of hydrogen-bond acceptors (Lipinski definition) is 9. The van der Waals surface area contributed by atoms with Crippen LogP contribution in [-0.2, 0) is 23.8 Å². The van der Waals surface area contributed by atoms with Gasteiger partial charge in [0.05, 0.1) is 26.3 Å². The summed E-state index contributed by atoms with van der Waals surface area (Å²) in [6, 6.07) is 14.4. The molecular weight excluding hydrogens is 799 g/mol. The summed E-state index contributed by atoms with van der Waals surface area (Å²) in [6.45, 7) is 5.09. The van der Waals surface area contributed by atoms with Gasteiger partial charge in [-0.25, -0.2) is 19.6 Å². The van der Waals surface area contributed by atoms with Gasteiger partial charge < -0.3 is 45.0 Å². The van der Waals surface area contributed by atoms with Gasteiger partial charge in [-0.15, -0.1) is 0 Å². The maximum atomic E-state index is 13.8. The first-order chi connectivity index (χ1) is 28.5. The zero-order chi connectivity index (χ0) is 41.8. The lowest BCUT2D eigenvalue weighted by molar-refractivity contribution is -0.132. The van der Waals surface area contributed by atoms with Gasteiger partial charge in [-0.2, -0.15) is 0 Å². The highest BCUT2D eigenvalue weighted by Gasteiger charge is 2.55. The van der Waals surface area contributed by atoms with Crippen LogP contribution in [0, 0.1) is 17.8 Å². The smallest absolute Gasteiger partial charge is 0.407 e. The van der Waals surface area contributed by atoms with Crippen molar-refractivity contribution in [3.05, 3.63) is 70.5 Å². The topological polar surface area (TPSA) is 193 Å². The van der Waals surface area contributed by atoms with Crippen LogP contribution < -0.4 is 16.0 Å². The molecule has 2 aliphatic heterocycles. The van der Waals surface area contributed by atoms with Crippen molar-refractivity contribution in [1.82, 2.24) is 40.8 Å². The van der Waals surface area contributed by atoms with E-state index in [0.29, 0.717) is 71.7 Å². The van der Waals surface area contributed by atoms with Crippen LogP contribution in [0.1, 0.15) is 76.1 Å². The summed E-state index contributed by atoms with van der Waals surface area (Å²) in [5, 5.41) is 9.11. The van der Waals surface area contributed by atoms with Gasteiger partial charge in [0.1, 0.15) is 45.9 Å². The minimum absolute atomic E-state index is 0.102. The second kappa shape index (κ2) is 18.4. The number of aromatic nitrogens is 4. The third-order valence-corrected chi connectivity index (χ3v) is 12.3. The first-order valence-corrected chi connectivity index (χ1v) is 20.8. The lowest BCUT2D eigenvalue weighted by atomic mass is 9.90. The van der Waals surface area contributed by atoms with E-state index in [4.69, 9.17) is 42.6 Å². The normalized spacial score (nSPS) is 20.2. The van der Waals surface area contributed by atoms with Gasteiger partial charge in [0.2, 0.25) is 11.8 Å². The third kappa shape index (κ3) is 9.53. The van der Waals surface area contributed by atoms with Crippen molar-refractivity contribution < 1.29 is 33.4 Å². The summed E-state index contributed by atoms with van der Waals surface area (Å²) >= 11 is 13.5. The average Bonchev–Trinajstić information content (AvgIpc) is 3.51. The highest BCUT2D eigenvalue weighted by Crippen LogP contribution is 2.53. The van der Waals surface area contributed by atoms with E-state index in [1.54, 1.807) is 0 Å². The number of imidazole rings is 2. The van der Waals surface area contributed by atoms with Gasteiger partial charge in [-0.1, -0.05) is 92.0 Å². The number of amides is 4. The molecule has 17 heteroatoms. The van der Waals surface area contributed by atoms with Crippen LogP contribution in [0.15, 0.2) is 48.5 Å². The molecular formula is C42H50Cl2N8O7. The molecule has 7 rings (SSSR count). The first-order valence-electron chi connectivity index (χ1n) is 20.0. The molecule has 0 spiro atoms. The van der Waals surface area contributed by atoms with Gasteiger partial charge >= 0.3 is 12.2 Å². The van der Waals surface area contributed by atoms with Crippen molar-refractivity contribution in [2.75, 3.05) is 34.0 Å². The van der Waals surface area contributed by atoms with Crippen molar-refractivity contribution in [3.63, 3.8) is 0 Å². The van der Waals surface area contributed by atoms with E-state index in [1.807, 2.05) is 53.4 Å². The molecule has 4 heterocycles. The largest absolute Gasteiger partial charge is 0.453 e. The molecule has 3 fully saturated rings. The Hall–Kier alpha value is -5.12. The predicted octanol–water partition coefficient (Wildman–Crippen LogP) is 7.20. The number of aromatic amines is 2. The standard InChI is InChI=1S/C42H50Cl2N8O7/c1-5-22(2)18-29(46-40(54)35(49-42(56)58-4)27-14-16-59-17-15-27)38-47-33(36(43)50-38)25-10-6-23(7-11-25)24-8-12-26(13-9-24)34-37(44)51-39(48-34)31-20-28-19-30(28)52(31)32(53)21-45-41(55)57-3/h6-13,22,27-31,35H,5,14-21H2,1-4H3,(H,45,55)(H,46,54)(H,47,50)(H,48,51)(H,49,56)/t22-,28?,29-,30?,31-,35-/m0/s1. The number of nitrogens with zero attached hydrogens (tertiary/aromatic N) is 3. The molecule has 1 saturated carbocycles. The summed E-state index contributed by atoms with van der Waals surface area (Å²) in [5.41, 5.74) is 4.72. The monoisotopic (exact) mass is 848 g/mol. The van der Waals surface area contributed by atoms with Crippen molar-refractivity contribution in [1.29, 1.82) is 0 Å². The molecule has 4 aromatic rings. The summed E-state index contributed by atoms with van der Waals surface area (Å²) in [6.07, 6.45) is 3.18. The number of alkyl carbamates (subject to hydrolysis) is 2. The van der Waals surface area contributed by atoms with Crippen molar-refractivity contribution >= 4 is 47.2 Å². The van der Waals surface area contributed by atoms with E-state index in [1.165, 1.54) is 14.2 Å². The highest BCUT2D eigenvalue weighted by atomic mass is 35.5. The number of piperidine rings is 1. The molecule has 2 saturated heterocycles. The second-order valence-corrected chi connectivity index (χ2v) is 16.3. The number of hydrogen-bond donors (Lipinski definition) is 5. The lowest BCUT2D eigenvalue weighted by Gasteiger charge is -2.31. The van der Waals surface area contributed by atoms with Gasteiger partial charge in [0.25, 0.3) is 0 Å². The van der Waals surface area contributed by atoms with Crippen LogP contribution in [0.2, 0.25) is 10.3 Å². The van der Waals surface area contributed by atoms with Gasteiger partial charge in [-0.05, 0) is 61.0 Å². The van der Waals surface area contributed by atoms with Gasteiger partial charge in [0, 0.05) is 30.4 Å². The minimum Gasteiger partial charge on any atom is -0.453 e. The maximum Gasteiger partial charge on any atom is 0.407 e. The molecule has 314 valence electrons. The fourth-order valence-electron chi connectivity index (χ4n) is 8.16. The molecule has 0 bridgehead atoms. The van der Waals surface area contributed by atoms with Crippen LogP contribution in [0.4, 0.5) is 9.59 Å². The Morgan fingerprint density at radius 1 is 0.847 bits per heavy atom. The Bertz CT molecular complexity index is 2140. The maximum absolute atomic E-state index is 13.8. The number of carbonyl (C=O) groups excluding carboxylic acids is 4. The average molecular weight is 850 g/mol. The molecule has 2 unspecified atom stereocenters. The van der Waals surface area contributed by atoms with Crippen LogP contribution in [0.5, 0.6) is 0 Å². The highest BCUT2D eigenvalue weighted by molar-refractivity contribution is 6.32. The Kier molecular flexibility index (Phi) is 13.1. The zero-order valence-electron chi connectivity index (χ0n) is 33.5. The molecule has 59 heavy (non-hydrogen) atoms. The van der Waals surface area contributed by atoms with Gasteiger partial charge in [-0.3, -0.25) is 9.59 Å². The second-order valence-electron chi connectivity index (χ2n) is 15.6. The van der Waals surface area contributed by atoms with Crippen molar-refractivity contribution in [2.24, 2.45) is 17.8 Å². The quantitative estimate of drug-likeness (QED) is 0.0873. The summed E-state index contributed by atoms with van der Waals surface area (Å²) in [5.74, 6) is 1.21. The third-order valence-electron chi connectivity index (χ3n) is 11.7. The zero-order valence-corrected chi connectivity index (χ0v) is 35.0. The summed E-state index contributed by atoms with van der Waals surface area (Å²) in [4.78, 5) is 68.7. The van der Waals surface area contributed by atoms with Crippen molar-refractivity contribution in [2.45, 2.75) is 76.5 Å². The number of benzene rings is 2. The number of halogens is 2. The molecule has 15 nitrogen and oxygen atoms in total. The Labute approximate surface area is 352 Å². The van der Waals surface area contributed by atoms with Crippen molar-refractivity contribution in [3.8, 4) is 33.6 Å². The summed E-state index contributed by atoms with van der Waals surface area (Å²) < 4.78 is 15.0. The Morgan fingerprint density at radius 2 is 1.44 bits per heavy atom. The number of methoxy groups -OCH3 is 2. The number of likely N-dealkylation sites (tertiary alicyclic amines) is 1. The first kappa shape index (κ1) is 42.0. The fraction of sp³-hybridized carbons (Fsp3) is 0.476. The Balaban J connectivity index is 1.04. The van der Waals surface area contributed by atoms with E-state index < -0.39 is 24.3 Å². The molecule has 0 radical (unpaired) electrons. The Morgan fingerprint density at radius 3 is 2.05 bits per heavy atom. The van der Waals surface area contributed by atoms with E-state index >= 15 is 0 Å². The predicted molar refractivity (Wildman–Crippen MR) is 221 cm³/mol. The molecule has 2 aromatic carbocycles. The van der Waals surface area contributed by atoms with E-state index in [0.717, 1.165) is 41.5 Å². The van der Waals surface area contributed by atoms with E-state index in [-0.39, 0.29) is 42.3 Å². The van der Waals surface area contributed by atoms with Crippen LogP contribution in [0.3, 0.4) is 0 Å². The molecule has 5 N–H and O–H groups in total. The number of carbonyl (C=O) groups is 4. The van der Waals surface area contributed by atoms with Crippen LogP contribution in [0.25, 0.3) is 33.6 Å². The molecule has 1 aliphatic carbocycles. The SMILES string of the molecule is CC[C@H](C)C[C@H](NC(=O)[C@@H](NC(=O)OC)C1CCOCC1)c1nc(-c2ccc(-c3ccc(-c4nc([C@@H]5CC6CC6N5C(=O)CNC(=O)OC)[nH]c4Cl)cc3)cc2)c(Cl)[nH]1. The number of rotatable bonds is 14. The number of nitrogens with one attached hydrogen (secondary N) is 5. The summed E-state index contributed by atoms with van der Waals surface area (Å²) in [7, 11) is 2.54. The molecule has 3 aliphatic rings. The minimum atomic E-state index is -0.791. The molecule has 4 amide bonds. The van der Waals surface area contributed by atoms with Crippen LogP contribution in [-0.4, -0.2) is 94.9 Å². The fourth-order valence-corrected chi connectivity index (χ4v) is 8.65. The number of H-pyrrole nitrogens is 2. The number of ether oxygens (including phenoxy) is 3. The molecule has 2 aromatic heterocycles.